The van der Waals surface area contributed by atoms with Crippen LogP contribution >= 0.6 is 0 Å². The van der Waals surface area contributed by atoms with Crippen LogP contribution in [0.1, 0.15) is 30.5 Å². The Morgan fingerprint density at radius 1 is 0.420 bits per heavy atom. The van der Waals surface area contributed by atoms with E-state index in [0.29, 0.717) is 43.6 Å². The highest BCUT2D eigenvalue weighted by Gasteiger charge is 2.73. The summed E-state index contributed by atoms with van der Waals surface area (Å²) in [5.41, 5.74) is 2.05. The Labute approximate surface area is 395 Å². The molecule has 0 atom stereocenters. The third kappa shape index (κ3) is 5.92. The minimum absolute atomic E-state index is 0.417. The Morgan fingerprint density at radius 2 is 0.710 bits per heavy atom. The van der Waals surface area contributed by atoms with E-state index in [0.717, 1.165) is 58.4 Å². The summed E-state index contributed by atoms with van der Waals surface area (Å²) in [6, 6.07) is 63.6. The molecule has 0 amide bonds. The molecule has 0 N–H and O–H groups in total. The fourth-order valence-corrected chi connectivity index (χ4v) is 10.6. The van der Waals surface area contributed by atoms with E-state index in [1.807, 2.05) is 170 Å². The van der Waals surface area contributed by atoms with E-state index in [4.69, 9.17) is 6.57 Å². The van der Waals surface area contributed by atoms with Crippen LogP contribution in [0, 0.1) is 23.3 Å². The maximum atomic E-state index is 18.0. The maximum Gasteiger partial charge on any atom is 0.286 e. The number of fused-ring (bicyclic) bond motifs is 7. The summed E-state index contributed by atoms with van der Waals surface area (Å²) >= 11 is 0. The molecule has 0 fully saturated rings. The normalized spacial score (nSPS) is 14.6. The topological polar surface area (TPSA) is 38.0 Å². The first-order valence-electron chi connectivity index (χ1n) is 22.6. The molecular formula is C61H38F4N4. The second-order valence-corrected chi connectivity index (χ2v) is 18.2. The number of hydrogen-bond donors (Lipinski definition) is 0. The van der Waals surface area contributed by atoms with E-state index in [2.05, 4.69) is 10.9 Å². The number of aromatic nitrogens is 2. The molecule has 12 rings (SSSR count). The number of rotatable bonds is 6. The third-order valence-corrected chi connectivity index (χ3v) is 14.2. The van der Waals surface area contributed by atoms with Gasteiger partial charge in [-0.2, -0.15) is 5.26 Å². The van der Waals surface area contributed by atoms with Crippen molar-refractivity contribution >= 4 is 49.3 Å². The lowest BCUT2D eigenvalue weighted by Gasteiger charge is -2.32. The van der Waals surface area contributed by atoms with Crippen molar-refractivity contribution in [1.29, 1.82) is 5.26 Å². The van der Waals surface area contributed by atoms with Crippen molar-refractivity contribution in [3.8, 4) is 62.0 Å². The molecule has 0 radical (unpaired) electrons. The van der Waals surface area contributed by atoms with Gasteiger partial charge in [0.2, 0.25) is 5.69 Å². The van der Waals surface area contributed by atoms with Crippen LogP contribution in [0.15, 0.2) is 194 Å². The molecule has 0 saturated carbocycles. The zero-order valence-corrected chi connectivity index (χ0v) is 37.3. The first kappa shape index (κ1) is 41.7. The van der Waals surface area contributed by atoms with Gasteiger partial charge in [-0.05, 0) is 107 Å². The van der Waals surface area contributed by atoms with Gasteiger partial charge in [-0.1, -0.05) is 146 Å². The molecule has 2 aromatic heterocycles. The first-order valence-corrected chi connectivity index (χ1v) is 22.6. The average molecular weight is 903 g/mol. The largest absolute Gasteiger partial charge is 0.318 e. The van der Waals surface area contributed by atoms with Crippen LogP contribution in [0.4, 0.5) is 23.2 Å². The van der Waals surface area contributed by atoms with Gasteiger partial charge >= 0.3 is 0 Å². The summed E-state index contributed by atoms with van der Waals surface area (Å²) < 4.78 is 75.1. The number of alkyl halides is 4. The zero-order chi connectivity index (χ0) is 47.4. The minimum Gasteiger partial charge on any atom is -0.318 e. The lowest BCUT2D eigenvalue weighted by atomic mass is 9.83. The smallest absolute Gasteiger partial charge is 0.286 e. The highest BCUT2D eigenvalue weighted by molar-refractivity contribution is 6.14. The summed E-state index contributed by atoms with van der Waals surface area (Å²) in [6.07, 6.45) is 0. The molecule has 0 spiro atoms. The van der Waals surface area contributed by atoms with Crippen molar-refractivity contribution in [2.75, 3.05) is 0 Å². The highest BCUT2D eigenvalue weighted by atomic mass is 19.3. The Kier molecular flexibility index (Phi) is 9.15. The molecular weight excluding hydrogens is 865 g/mol. The molecule has 2 heterocycles. The van der Waals surface area contributed by atoms with Gasteiger partial charge in [-0.3, -0.25) is 0 Å². The standard InChI is InChI=1S/C61H38F4N4/c1-59(2)60(62,63)54-55(61(59,64)65)58(69-52-30-26-43(39-20-12-6-13-21-39)34-47(52)48-35-44(27-31-53(48)69)40-22-14-7-15-23-40)56(67-3)49(36-66)57(54)68-50-28-24-41(37-16-8-4-9-17-37)32-45(50)46-33-42(25-29-51(46)68)38-18-10-5-11-19-38/h4-35H,1-2H3. The molecule has 9 aromatic carbocycles. The van der Waals surface area contributed by atoms with Crippen LogP contribution in [-0.4, -0.2) is 9.13 Å². The Balaban J connectivity index is 1.24. The van der Waals surface area contributed by atoms with Crippen molar-refractivity contribution in [3.05, 3.63) is 222 Å². The van der Waals surface area contributed by atoms with Gasteiger partial charge in [-0.25, -0.2) is 22.4 Å². The summed E-state index contributed by atoms with van der Waals surface area (Å²) in [6.45, 7) is 10.6. The Bertz CT molecular complexity index is 3540. The molecule has 0 aliphatic heterocycles. The van der Waals surface area contributed by atoms with E-state index < -0.39 is 51.0 Å². The predicted molar refractivity (Wildman–Crippen MR) is 269 cm³/mol. The van der Waals surface area contributed by atoms with Crippen LogP contribution in [0.25, 0.3) is 104 Å². The monoisotopic (exact) mass is 902 g/mol. The van der Waals surface area contributed by atoms with Gasteiger partial charge in [-0.15, -0.1) is 0 Å². The predicted octanol–water partition coefficient (Wildman–Crippen LogP) is 17.2. The van der Waals surface area contributed by atoms with Gasteiger partial charge < -0.3 is 9.13 Å². The molecule has 69 heavy (non-hydrogen) atoms. The molecule has 0 saturated heterocycles. The van der Waals surface area contributed by atoms with Gasteiger partial charge in [0.1, 0.15) is 5.41 Å². The number of nitriles is 1. The number of benzene rings is 9. The fraction of sp³-hybridized carbons (Fsp3) is 0.0820. The second kappa shape index (κ2) is 15.2. The summed E-state index contributed by atoms with van der Waals surface area (Å²) in [5.74, 6) is -8.45. The van der Waals surface area contributed by atoms with Gasteiger partial charge in [0, 0.05) is 27.1 Å². The van der Waals surface area contributed by atoms with Crippen LogP contribution in [0.5, 0.6) is 0 Å². The quantitative estimate of drug-likeness (QED) is 0.121. The number of hydrogen-bond acceptors (Lipinski definition) is 1. The fourth-order valence-electron chi connectivity index (χ4n) is 10.6. The van der Waals surface area contributed by atoms with Crippen LogP contribution in [0.2, 0.25) is 0 Å². The molecule has 1 aliphatic rings. The second-order valence-electron chi connectivity index (χ2n) is 18.2. The summed E-state index contributed by atoms with van der Waals surface area (Å²) in [7, 11) is 0. The molecule has 8 heteroatoms. The SMILES string of the molecule is [C-]#[N+]c1c(C#N)c(-n2c3ccc(-c4ccccc4)cc3c3cc(-c4ccccc4)ccc32)c2c(c1-n1c3ccc(-c4ccccc4)cc3c3cc(-c4ccccc4)ccc31)C(F)(F)C(C)(C)C2(F)F. The van der Waals surface area contributed by atoms with Crippen molar-refractivity contribution in [2.45, 2.75) is 25.7 Å². The molecule has 11 aromatic rings. The molecule has 0 bridgehead atoms. The molecule has 330 valence electrons. The van der Waals surface area contributed by atoms with E-state index in [9.17, 15) is 5.26 Å². The van der Waals surface area contributed by atoms with Gasteiger partial charge in [0.05, 0.1) is 57.2 Å². The maximum absolute atomic E-state index is 18.0. The van der Waals surface area contributed by atoms with Crippen LogP contribution < -0.4 is 0 Å². The van der Waals surface area contributed by atoms with Gasteiger partial charge in [0.25, 0.3) is 11.8 Å². The van der Waals surface area contributed by atoms with E-state index in [1.54, 1.807) is 24.3 Å². The molecule has 1 aliphatic carbocycles. The van der Waals surface area contributed by atoms with E-state index >= 15 is 17.6 Å². The first-order chi connectivity index (χ1) is 33.4. The van der Waals surface area contributed by atoms with Crippen LogP contribution in [-0.2, 0) is 11.8 Å². The van der Waals surface area contributed by atoms with Crippen molar-refractivity contribution < 1.29 is 17.6 Å². The lowest BCUT2D eigenvalue weighted by Crippen LogP contribution is -2.39. The Hall–Kier alpha value is -8.72. The van der Waals surface area contributed by atoms with E-state index in [-0.39, 0.29) is 0 Å². The average Bonchev–Trinajstić information content (AvgIpc) is 3.92. The zero-order valence-electron chi connectivity index (χ0n) is 37.3. The molecule has 4 nitrogen and oxygen atoms in total. The summed E-state index contributed by atoms with van der Waals surface area (Å²) in [4.78, 5) is 3.93. The number of nitrogens with zero attached hydrogens (tertiary/aromatic N) is 4. The van der Waals surface area contributed by atoms with Crippen molar-refractivity contribution in [1.82, 2.24) is 9.13 Å². The van der Waals surface area contributed by atoms with Gasteiger partial charge in [0.15, 0.2) is 0 Å². The van der Waals surface area contributed by atoms with Crippen LogP contribution in [0.3, 0.4) is 0 Å². The molecule has 0 unspecified atom stereocenters. The van der Waals surface area contributed by atoms with Crippen molar-refractivity contribution in [2.24, 2.45) is 5.41 Å². The minimum atomic E-state index is -4.22. The number of halogens is 4. The van der Waals surface area contributed by atoms with E-state index in [1.165, 1.54) is 9.13 Å². The summed E-state index contributed by atoms with van der Waals surface area (Å²) in [5, 5.41) is 14.1. The lowest BCUT2D eigenvalue weighted by molar-refractivity contribution is -0.212. The highest BCUT2D eigenvalue weighted by Crippen LogP contribution is 2.69. The third-order valence-electron chi connectivity index (χ3n) is 14.2. The van der Waals surface area contributed by atoms with Crippen molar-refractivity contribution in [3.63, 3.8) is 0 Å². The Morgan fingerprint density at radius 3 is 1.00 bits per heavy atom.